The number of amidine groups is 1. The van der Waals surface area contributed by atoms with Gasteiger partial charge in [0.2, 0.25) is 0 Å². The Balaban J connectivity index is 2.90. The molecule has 0 saturated carbocycles. The lowest BCUT2D eigenvalue weighted by Crippen LogP contribution is -2.14. The Kier molecular flexibility index (Phi) is 5.14. The number of thioether (sulfide) groups is 1. The highest BCUT2D eigenvalue weighted by Gasteiger charge is 2.07. The number of nitrogens with zero attached hydrogens (tertiary/aromatic N) is 1. The van der Waals surface area contributed by atoms with Crippen molar-refractivity contribution in [1.82, 2.24) is 0 Å². The van der Waals surface area contributed by atoms with Crippen LogP contribution < -0.4 is 5.73 Å². The van der Waals surface area contributed by atoms with E-state index in [0.717, 1.165) is 21.8 Å². The largest absolute Gasteiger partial charge is 0.409 e. The number of nitrogens with two attached hydrogens (primary N) is 1. The molecule has 0 amide bonds. The lowest BCUT2D eigenvalue weighted by molar-refractivity contribution is 0.218. The van der Waals surface area contributed by atoms with Crippen molar-refractivity contribution in [2.45, 2.75) is 11.8 Å². The lowest BCUT2D eigenvalue weighted by atomic mass is 10.1. The van der Waals surface area contributed by atoms with Crippen LogP contribution in [0.15, 0.2) is 28.3 Å². The third-order valence-electron chi connectivity index (χ3n) is 2.07. The number of oxime groups is 1. The van der Waals surface area contributed by atoms with Crippen LogP contribution in [0.3, 0.4) is 0 Å². The monoisotopic (exact) mass is 240 g/mol. The summed E-state index contributed by atoms with van der Waals surface area (Å²) in [4.78, 5) is 1.01. The number of hydrogen-bond donors (Lipinski definition) is 2. The summed E-state index contributed by atoms with van der Waals surface area (Å²) in [6, 6.07) is 5.82. The summed E-state index contributed by atoms with van der Waals surface area (Å²) in [7, 11) is 1.67. The highest BCUT2D eigenvalue weighted by molar-refractivity contribution is 7.99. The zero-order valence-corrected chi connectivity index (χ0v) is 10.3. The van der Waals surface area contributed by atoms with Crippen LogP contribution in [0, 0.1) is 6.92 Å². The second-order valence-corrected chi connectivity index (χ2v) is 4.46. The van der Waals surface area contributed by atoms with E-state index in [-0.39, 0.29) is 5.84 Å². The molecule has 1 aromatic carbocycles. The smallest absolute Gasteiger partial charge is 0.171 e. The maximum absolute atomic E-state index is 8.68. The molecule has 0 fully saturated rings. The Hall–Kier alpha value is -1.20. The van der Waals surface area contributed by atoms with Gasteiger partial charge in [-0.05, 0) is 24.6 Å². The third-order valence-corrected chi connectivity index (χ3v) is 3.09. The molecule has 0 atom stereocenters. The second-order valence-electron chi connectivity index (χ2n) is 3.33. The molecule has 0 spiro atoms. The SMILES string of the molecule is COCCSc1cc(C)ccc1C(N)=NO. The van der Waals surface area contributed by atoms with E-state index in [2.05, 4.69) is 5.16 Å². The minimum Gasteiger partial charge on any atom is -0.409 e. The predicted octanol–water partition coefficient (Wildman–Crippen LogP) is 1.83. The minimum atomic E-state index is 0.139. The number of ether oxygens (including phenoxy) is 1. The van der Waals surface area contributed by atoms with Crippen LogP contribution in [-0.2, 0) is 4.74 Å². The van der Waals surface area contributed by atoms with E-state index in [0.29, 0.717) is 6.61 Å². The van der Waals surface area contributed by atoms with E-state index in [1.807, 2.05) is 25.1 Å². The Morgan fingerprint density at radius 2 is 2.31 bits per heavy atom. The summed E-state index contributed by atoms with van der Waals surface area (Å²) in [5, 5.41) is 11.7. The quantitative estimate of drug-likeness (QED) is 0.206. The standard InChI is InChI=1S/C11H16N2O2S/c1-8-3-4-9(11(12)13-14)10(7-8)16-6-5-15-2/h3-4,7,14H,5-6H2,1-2H3,(H2,12,13). The van der Waals surface area contributed by atoms with E-state index in [1.54, 1.807) is 18.9 Å². The molecule has 0 aliphatic rings. The van der Waals surface area contributed by atoms with Crippen molar-refractivity contribution in [2.24, 2.45) is 10.9 Å². The average molecular weight is 240 g/mol. The molecule has 1 aromatic rings. The first-order valence-corrected chi connectivity index (χ1v) is 5.88. The molecule has 88 valence electrons. The number of hydrogen-bond acceptors (Lipinski definition) is 4. The minimum absolute atomic E-state index is 0.139. The van der Waals surface area contributed by atoms with Crippen LogP contribution in [0.1, 0.15) is 11.1 Å². The second kappa shape index (κ2) is 6.40. The van der Waals surface area contributed by atoms with Crippen LogP contribution in [0.5, 0.6) is 0 Å². The molecule has 3 N–H and O–H groups in total. The first kappa shape index (κ1) is 12.9. The van der Waals surface area contributed by atoms with Crippen molar-refractivity contribution in [3.05, 3.63) is 29.3 Å². The molecule has 0 unspecified atom stereocenters. The van der Waals surface area contributed by atoms with Gasteiger partial charge in [0, 0.05) is 23.3 Å². The summed E-state index contributed by atoms with van der Waals surface area (Å²) < 4.78 is 4.99. The van der Waals surface area contributed by atoms with E-state index in [4.69, 9.17) is 15.7 Å². The highest BCUT2D eigenvalue weighted by Crippen LogP contribution is 2.23. The molecule has 1 rings (SSSR count). The Bertz CT molecular complexity index is 380. The van der Waals surface area contributed by atoms with Gasteiger partial charge in [-0.15, -0.1) is 11.8 Å². The zero-order chi connectivity index (χ0) is 12.0. The van der Waals surface area contributed by atoms with Crippen molar-refractivity contribution < 1.29 is 9.94 Å². The molecule has 0 heterocycles. The average Bonchev–Trinajstić information content (AvgIpc) is 2.29. The number of rotatable bonds is 5. The summed E-state index contributed by atoms with van der Waals surface area (Å²) in [6.45, 7) is 2.69. The zero-order valence-electron chi connectivity index (χ0n) is 9.43. The molecule has 0 bridgehead atoms. The molecule has 4 nitrogen and oxygen atoms in total. The number of benzene rings is 1. The van der Waals surface area contributed by atoms with Gasteiger partial charge in [0.15, 0.2) is 5.84 Å². The Morgan fingerprint density at radius 3 is 2.94 bits per heavy atom. The topological polar surface area (TPSA) is 67.8 Å². The fourth-order valence-corrected chi connectivity index (χ4v) is 2.32. The van der Waals surface area contributed by atoms with Gasteiger partial charge < -0.3 is 15.7 Å². The first-order chi connectivity index (χ1) is 7.69. The van der Waals surface area contributed by atoms with Gasteiger partial charge in [0.25, 0.3) is 0 Å². The fraction of sp³-hybridized carbons (Fsp3) is 0.364. The Labute approximate surface area is 99.5 Å². The highest BCUT2D eigenvalue weighted by atomic mass is 32.2. The van der Waals surface area contributed by atoms with Gasteiger partial charge in [-0.3, -0.25) is 0 Å². The van der Waals surface area contributed by atoms with E-state index < -0.39 is 0 Å². The molecule has 5 heteroatoms. The molecule has 0 aliphatic carbocycles. The van der Waals surface area contributed by atoms with Crippen LogP contribution in [-0.4, -0.2) is 30.5 Å². The van der Waals surface area contributed by atoms with E-state index >= 15 is 0 Å². The van der Waals surface area contributed by atoms with E-state index in [9.17, 15) is 0 Å². The van der Waals surface area contributed by atoms with Crippen molar-refractivity contribution in [3.8, 4) is 0 Å². The van der Waals surface area contributed by atoms with E-state index in [1.165, 1.54) is 0 Å². The van der Waals surface area contributed by atoms with Gasteiger partial charge in [0.1, 0.15) is 0 Å². The van der Waals surface area contributed by atoms with Crippen LogP contribution in [0.2, 0.25) is 0 Å². The van der Waals surface area contributed by atoms with Crippen LogP contribution in [0.25, 0.3) is 0 Å². The number of aryl methyl sites for hydroxylation is 1. The molecule has 0 aromatic heterocycles. The summed E-state index contributed by atoms with van der Waals surface area (Å²) in [5.74, 6) is 0.978. The van der Waals surface area contributed by atoms with Crippen molar-refractivity contribution >= 4 is 17.6 Å². The van der Waals surface area contributed by atoms with Crippen LogP contribution in [0.4, 0.5) is 0 Å². The molecule has 0 aliphatic heterocycles. The lowest BCUT2D eigenvalue weighted by Gasteiger charge is -2.08. The number of methoxy groups -OCH3 is 1. The fourth-order valence-electron chi connectivity index (χ4n) is 1.25. The molecular weight excluding hydrogens is 224 g/mol. The molecular formula is C11H16N2O2S. The third kappa shape index (κ3) is 3.43. The van der Waals surface area contributed by atoms with Crippen molar-refractivity contribution in [1.29, 1.82) is 0 Å². The summed E-state index contributed by atoms with van der Waals surface area (Å²) in [5.41, 5.74) is 7.51. The maximum Gasteiger partial charge on any atom is 0.171 e. The van der Waals surface area contributed by atoms with Gasteiger partial charge >= 0.3 is 0 Å². The van der Waals surface area contributed by atoms with Gasteiger partial charge in [-0.1, -0.05) is 11.2 Å². The Morgan fingerprint density at radius 1 is 1.56 bits per heavy atom. The van der Waals surface area contributed by atoms with Gasteiger partial charge in [0.05, 0.1) is 6.61 Å². The first-order valence-electron chi connectivity index (χ1n) is 4.89. The molecule has 0 saturated heterocycles. The normalized spacial score (nSPS) is 11.8. The van der Waals surface area contributed by atoms with Gasteiger partial charge in [-0.2, -0.15) is 0 Å². The summed E-state index contributed by atoms with van der Waals surface area (Å²) in [6.07, 6.45) is 0. The molecule has 16 heavy (non-hydrogen) atoms. The van der Waals surface area contributed by atoms with Gasteiger partial charge in [-0.25, -0.2) is 0 Å². The van der Waals surface area contributed by atoms with Crippen LogP contribution >= 0.6 is 11.8 Å². The summed E-state index contributed by atoms with van der Waals surface area (Å²) >= 11 is 1.63. The van der Waals surface area contributed by atoms with Crippen molar-refractivity contribution in [2.75, 3.05) is 19.5 Å². The predicted molar refractivity (Wildman–Crippen MR) is 66.3 cm³/mol. The van der Waals surface area contributed by atoms with Crippen molar-refractivity contribution in [3.63, 3.8) is 0 Å². The maximum atomic E-state index is 8.68. The molecule has 0 radical (unpaired) electrons.